The summed E-state index contributed by atoms with van der Waals surface area (Å²) in [5, 5.41) is 3.82. The molecule has 0 fully saturated rings. The van der Waals surface area contributed by atoms with Crippen LogP contribution < -0.4 is 9.46 Å². The highest BCUT2D eigenvalue weighted by Crippen LogP contribution is 2.31. The van der Waals surface area contributed by atoms with E-state index < -0.39 is 10.0 Å². The number of nitrogens with zero attached hydrogens (tertiary/aromatic N) is 4. The first-order chi connectivity index (χ1) is 20.9. The van der Waals surface area contributed by atoms with Crippen LogP contribution in [0.5, 0.6) is 5.88 Å². The fraction of sp³-hybridized carbons (Fsp3) is 0.485. The van der Waals surface area contributed by atoms with Gasteiger partial charge in [-0.2, -0.15) is 4.98 Å². The van der Waals surface area contributed by atoms with Crippen molar-refractivity contribution >= 4 is 21.9 Å². The Morgan fingerprint density at radius 1 is 1.09 bits per heavy atom. The largest absolute Gasteiger partial charge is 0.475 e. The Morgan fingerprint density at radius 3 is 2.45 bits per heavy atom. The number of benzene rings is 2. The van der Waals surface area contributed by atoms with E-state index in [1.165, 1.54) is 12.1 Å². The van der Waals surface area contributed by atoms with Crippen LogP contribution in [0.2, 0.25) is 0 Å². The fourth-order valence-electron chi connectivity index (χ4n) is 5.64. The summed E-state index contributed by atoms with van der Waals surface area (Å²) in [6, 6.07) is 13.3. The van der Waals surface area contributed by atoms with Crippen LogP contribution in [0, 0.1) is 19.8 Å². The molecule has 1 aliphatic rings. The predicted molar refractivity (Wildman–Crippen MR) is 172 cm³/mol. The van der Waals surface area contributed by atoms with E-state index in [9.17, 15) is 13.2 Å². The van der Waals surface area contributed by atoms with Crippen molar-refractivity contribution in [2.45, 2.75) is 77.8 Å². The number of unbranched alkanes of at least 4 members (excludes halogenated alkanes) is 1. The van der Waals surface area contributed by atoms with Gasteiger partial charge in [0.2, 0.25) is 11.8 Å². The summed E-state index contributed by atoms with van der Waals surface area (Å²) < 4.78 is 41.7. The van der Waals surface area contributed by atoms with Crippen molar-refractivity contribution in [3.05, 3.63) is 65.2 Å². The molecule has 1 amide bonds. The van der Waals surface area contributed by atoms with Gasteiger partial charge in [0.1, 0.15) is 6.61 Å². The van der Waals surface area contributed by atoms with E-state index in [2.05, 4.69) is 40.5 Å². The van der Waals surface area contributed by atoms with Gasteiger partial charge in [-0.05, 0) is 68.9 Å². The van der Waals surface area contributed by atoms with Gasteiger partial charge >= 0.3 is 0 Å². The zero-order valence-corrected chi connectivity index (χ0v) is 27.6. The van der Waals surface area contributed by atoms with Crippen molar-refractivity contribution in [3.8, 4) is 17.1 Å². The molecule has 10 nitrogen and oxygen atoms in total. The molecule has 4 bridgehead atoms. The number of rotatable bonds is 10. The number of carbonyl (C=O) groups excluding carboxylic acids is 1. The van der Waals surface area contributed by atoms with Gasteiger partial charge in [-0.1, -0.05) is 51.5 Å². The van der Waals surface area contributed by atoms with Crippen LogP contribution in [-0.2, 0) is 14.8 Å². The molecule has 0 spiro atoms. The number of fused-ring (bicyclic) bond motifs is 4. The molecular formula is C33H45N5O5S. The maximum Gasteiger partial charge on any atom is 0.268 e. The Hall–Kier alpha value is -3.54. The second-order valence-electron chi connectivity index (χ2n) is 11.9. The third kappa shape index (κ3) is 7.75. The highest BCUT2D eigenvalue weighted by molar-refractivity contribution is 7.92. The first-order valence-electron chi connectivity index (χ1n) is 15.3. The minimum atomic E-state index is -4.15. The second kappa shape index (κ2) is 14.5. The number of hydrazine groups is 1. The minimum Gasteiger partial charge on any atom is -0.475 e. The molecule has 4 rings (SSSR count). The van der Waals surface area contributed by atoms with Gasteiger partial charge in [0.05, 0.1) is 23.2 Å². The highest BCUT2D eigenvalue weighted by atomic mass is 32.2. The van der Waals surface area contributed by atoms with E-state index in [1.807, 2.05) is 39.0 Å². The number of methoxy groups -OCH3 is 1. The zero-order valence-electron chi connectivity index (χ0n) is 26.8. The molecule has 238 valence electrons. The monoisotopic (exact) mass is 623 g/mol. The van der Waals surface area contributed by atoms with E-state index >= 15 is 0 Å². The number of anilines is 1. The molecule has 0 radical (unpaired) electrons. The number of aryl methyl sites for hydroxylation is 2. The van der Waals surface area contributed by atoms with Gasteiger partial charge in [-0.3, -0.25) is 9.80 Å². The van der Waals surface area contributed by atoms with Gasteiger partial charge in [-0.25, -0.2) is 23.1 Å². The van der Waals surface area contributed by atoms with Crippen molar-refractivity contribution in [2.75, 3.05) is 31.6 Å². The molecule has 0 saturated heterocycles. The molecule has 11 heteroatoms. The number of carbonyl (C=O) groups is 1. The van der Waals surface area contributed by atoms with E-state index in [-0.39, 0.29) is 52.8 Å². The molecule has 0 aliphatic carbocycles. The summed E-state index contributed by atoms with van der Waals surface area (Å²) in [5.74, 6) is 0.0441. The Morgan fingerprint density at radius 2 is 1.80 bits per heavy atom. The van der Waals surface area contributed by atoms with Crippen LogP contribution in [0.15, 0.2) is 53.4 Å². The first kappa shape index (κ1) is 33.4. The number of ether oxygens (including phenoxy) is 2. The van der Waals surface area contributed by atoms with Crippen molar-refractivity contribution < 1.29 is 22.7 Å². The first-order valence-corrected chi connectivity index (χ1v) is 16.7. The summed E-state index contributed by atoms with van der Waals surface area (Å²) in [5.41, 5.74) is 3.65. The lowest BCUT2D eigenvalue weighted by molar-refractivity contribution is -0.0868. The molecule has 1 N–H and O–H groups in total. The molecule has 0 saturated carbocycles. The second-order valence-corrected chi connectivity index (χ2v) is 13.6. The van der Waals surface area contributed by atoms with Gasteiger partial charge in [0.25, 0.3) is 15.9 Å². The van der Waals surface area contributed by atoms with E-state index in [1.54, 1.807) is 30.3 Å². The van der Waals surface area contributed by atoms with Crippen molar-refractivity contribution in [1.29, 1.82) is 0 Å². The van der Waals surface area contributed by atoms with Crippen molar-refractivity contribution in [1.82, 2.24) is 20.0 Å². The Kier molecular flexibility index (Phi) is 11.0. The molecule has 2 heterocycles. The summed E-state index contributed by atoms with van der Waals surface area (Å²) in [7, 11) is -2.50. The van der Waals surface area contributed by atoms with Gasteiger partial charge in [0, 0.05) is 36.9 Å². The van der Waals surface area contributed by atoms with E-state index in [4.69, 9.17) is 9.47 Å². The maximum absolute atomic E-state index is 14.5. The van der Waals surface area contributed by atoms with Crippen LogP contribution in [0.25, 0.3) is 11.3 Å². The van der Waals surface area contributed by atoms with Gasteiger partial charge in [-0.15, -0.1) is 0 Å². The molecule has 2 atom stereocenters. The zero-order chi connectivity index (χ0) is 32.0. The summed E-state index contributed by atoms with van der Waals surface area (Å²) in [4.78, 5) is 23.5. The number of aromatic nitrogens is 2. The molecule has 1 aromatic heterocycles. The van der Waals surface area contributed by atoms with Gasteiger partial charge in [0.15, 0.2) is 0 Å². The summed E-state index contributed by atoms with van der Waals surface area (Å²) in [6.07, 6.45) is 2.44. The third-order valence-corrected chi connectivity index (χ3v) is 9.04. The smallest absolute Gasteiger partial charge is 0.268 e. The minimum absolute atomic E-state index is 0.0588. The molecule has 1 aliphatic heterocycles. The van der Waals surface area contributed by atoms with Crippen LogP contribution in [-0.4, -0.2) is 73.3 Å². The van der Waals surface area contributed by atoms with Gasteiger partial charge < -0.3 is 9.47 Å². The Balaban J connectivity index is 1.93. The molecule has 1 unspecified atom stereocenters. The van der Waals surface area contributed by atoms with Crippen molar-refractivity contribution in [2.24, 2.45) is 5.92 Å². The summed E-state index contributed by atoms with van der Waals surface area (Å²) in [6.45, 7) is 13.5. The lowest BCUT2D eigenvalue weighted by Crippen LogP contribution is -2.58. The highest BCUT2D eigenvalue weighted by Gasteiger charge is 2.35. The van der Waals surface area contributed by atoms with Crippen LogP contribution >= 0.6 is 0 Å². The quantitative estimate of drug-likeness (QED) is 0.299. The SMILES string of the molecule is CCCCN(C(C)COC)N1C(=O)c2cccc(c2)S(=O)(=O)Nc2nc(cc(-c3c(C)cccc3C)n2)OC[C@H]1CC(C)C. The average Bonchev–Trinajstić information content (AvgIpc) is 2.96. The maximum atomic E-state index is 14.5. The number of amides is 1. The molecule has 44 heavy (non-hydrogen) atoms. The van der Waals surface area contributed by atoms with Crippen LogP contribution in [0.1, 0.15) is 68.4 Å². The average molecular weight is 624 g/mol. The van der Waals surface area contributed by atoms with Crippen molar-refractivity contribution in [3.63, 3.8) is 0 Å². The topological polar surface area (TPSA) is 114 Å². The predicted octanol–water partition coefficient (Wildman–Crippen LogP) is 5.86. The number of hydrogen-bond donors (Lipinski definition) is 1. The molecule has 2 aromatic carbocycles. The Bertz CT molecular complexity index is 1540. The molecular weight excluding hydrogens is 578 g/mol. The lowest BCUT2D eigenvalue weighted by Gasteiger charge is -2.44. The fourth-order valence-corrected chi connectivity index (χ4v) is 6.63. The number of nitrogens with one attached hydrogen (secondary N) is 1. The normalized spacial score (nSPS) is 17.3. The standard InChI is InChI=1S/C33H45N5O5S/c1-8-9-16-37(25(6)20-42-7)38-27(17-22(2)3)21-43-30-19-29(31-23(4)12-10-13-24(31)5)34-33(35-30)36-44(40,41)28-15-11-14-26(18-28)32(38)39/h10-15,18-19,22,25,27H,8-9,16-17,20-21H2,1-7H3,(H,34,35,36)/t25?,27-/m1/s1. The lowest BCUT2D eigenvalue weighted by atomic mass is 10.00. The Labute approximate surface area is 261 Å². The third-order valence-electron chi connectivity index (χ3n) is 7.71. The van der Waals surface area contributed by atoms with E-state index in [0.29, 0.717) is 25.3 Å². The number of hydrogen-bond acceptors (Lipinski definition) is 8. The summed E-state index contributed by atoms with van der Waals surface area (Å²) >= 11 is 0. The van der Waals surface area contributed by atoms with E-state index in [0.717, 1.165) is 29.5 Å². The van der Waals surface area contributed by atoms with Crippen LogP contribution in [0.3, 0.4) is 0 Å². The van der Waals surface area contributed by atoms with Crippen LogP contribution in [0.4, 0.5) is 5.95 Å². The number of sulfonamides is 1. The molecule has 3 aromatic rings.